The van der Waals surface area contributed by atoms with Gasteiger partial charge in [0.05, 0.1) is 17.8 Å². The monoisotopic (exact) mass is 524 g/mol. The van der Waals surface area contributed by atoms with E-state index in [2.05, 4.69) is 0 Å². The van der Waals surface area contributed by atoms with Gasteiger partial charge in [-0.2, -0.15) is 13.2 Å². The van der Waals surface area contributed by atoms with Gasteiger partial charge in [-0.15, -0.1) is 0 Å². The molecule has 0 saturated heterocycles. The highest BCUT2D eigenvalue weighted by molar-refractivity contribution is 5.85. The number of pyridine rings is 1. The number of fused-ring (bicyclic) bond motifs is 3. The van der Waals surface area contributed by atoms with Gasteiger partial charge in [-0.25, -0.2) is 4.79 Å². The summed E-state index contributed by atoms with van der Waals surface area (Å²) in [5, 5.41) is 0.869. The standard InChI is InChI=1S/C29H27F3N2O4/c1-28(2,3)38-27(36)33-13-4-5-24-23(17-33)22-11-10-21(16-25(22)37-24)34-14-12-19(15-26(34)35)18-6-8-20(9-7-18)29(30,31)32/h6-12,14-16H,4-5,13,17H2,1-3H3. The van der Waals surface area contributed by atoms with Crippen molar-refractivity contribution in [2.45, 2.75) is 51.9 Å². The first-order valence-corrected chi connectivity index (χ1v) is 12.3. The first kappa shape index (κ1) is 25.6. The van der Waals surface area contributed by atoms with Crippen molar-refractivity contribution in [3.8, 4) is 16.8 Å². The van der Waals surface area contributed by atoms with Gasteiger partial charge in [-0.1, -0.05) is 12.1 Å². The van der Waals surface area contributed by atoms with E-state index in [0.717, 1.165) is 35.3 Å². The summed E-state index contributed by atoms with van der Waals surface area (Å²) in [6.45, 7) is 6.44. The minimum atomic E-state index is -4.42. The molecule has 0 unspecified atom stereocenters. The summed E-state index contributed by atoms with van der Waals surface area (Å²) < 4.78 is 51.7. The smallest absolute Gasteiger partial charge is 0.416 e. The first-order valence-electron chi connectivity index (χ1n) is 12.3. The number of nitrogens with zero attached hydrogens (tertiary/aromatic N) is 2. The van der Waals surface area contributed by atoms with Gasteiger partial charge in [0.25, 0.3) is 5.56 Å². The lowest BCUT2D eigenvalue weighted by molar-refractivity contribution is -0.137. The summed E-state index contributed by atoms with van der Waals surface area (Å²) in [4.78, 5) is 27.3. The Bertz CT molecular complexity index is 1560. The minimum Gasteiger partial charge on any atom is -0.461 e. The fourth-order valence-corrected chi connectivity index (χ4v) is 4.62. The maximum Gasteiger partial charge on any atom is 0.416 e. The number of hydrogen-bond acceptors (Lipinski definition) is 4. The van der Waals surface area contributed by atoms with E-state index < -0.39 is 17.3 Å². The van der Waals surface area contributed by atoms with Crippen molar-refractivity contribution in [1.82, 2.24) is 9.47 Å². The van der Waals surface area contributed by atoms with Crippen LogP contribution in [0.2, 0.25) is 0 Å². The molecule has 0 aliphatic carbocycles. The van der Waals surface area contributed by atoms with Gasteiger partial charge in [0.15, 0.2) is 0 Å². The molecule has 38 heavy (non-hydrogen) atoms. The molecule has 5 rings (SSSR count). The number of halogens is 3. The Morgan fingerprint density at radius 1 is 0.974 bits per heavy atom. The summed E-state index contributed by atoms with van der Waals surface area (Å²) in [5.74, 6) is 0.813. The predicted molar refractivity (Wildman–Crippen MR) is 137 cm³/mol. The van der Waals surface area contributed by atoms with Crippen LogP contribution in [0.25, 0.3) is 27.8 Å². The molecule has 2 aromatic carbocycles. The Kier molecular flexibility index (Phi) is 6.33. The molecule has 4 aromatic rings. The number of ether oxygens (including phenoxy) is 1. The van der Waals surface area contributed by atoms with Gasteiger partial charge in [-0.05, 0) is 68.7 Å². The Hall–Kier alpha value is -4.01. The molecule has 1 aliphatic rings. The Morgan fingerprint density at radius 3 is 2.37 bits per heavy atom. The van der Waals surface area contributed by atoms with Crippen LogP contribution in [0.5, 0.6) is 0 Å². The van der Waals surface area contributed by atoms with Gasteiger partial charge in [0.2, 0.25) is 0 Å². The van der Waals surface area contributed by atoms with E-state index >= 15 is 0 Å². The number of furan rings is 1. The third-order valence-electron chi connectivity index (χ3n) is 6.44. The van der Waals surface area contributed by atoms with Crippen LogP contribution in [-0.4, -0.2) is 27.7 Å². The summed E-state index contributed by atoms with van der Waals surface area (Å²) in [6, 6.07) is 13.2. The molecule has 9 heteroatoms. The quantitative estimate of drug-likeness (QED) is 0.285. The zero-order valence-corrected chi connectivity index (χ0v) is 21.3. The van der Waals surface area contributed by atoms with Crippen molar-refractivity contribution >= 4 is 17.1 Å². The minimum absolute atomic E-state index is 0.328. The highest BCUT2D eigenvalue weighted by Crippen LogP contribution is 2.33. The lowest BCUT2D eigenvalue weighted by Crippen LogP contribution is -2.36. The van der Waals surface area contributed by atoms with Crippen LogP contribution < -0.4 is 5.56 Å². The number of aryl methyl sites for hydroxylation is 1. The van der Waals surface area contributed by atoms with Crippen LogP contribution in [0.4, 0.5) is 18.0 Å². The van der Waals surface area contributed by atoms with Crippen LogP contribution in [0.15, 0.2) is 70.0 Å². The van der Waals surface area contributed by atoms with Crippen molar-refractivity contribution in [2.24, 2.45) is 0 Å². The molecular weight excluding hydrogens is 497 g/mol. The zero-order chi connectivity index (χ0) is 27.2. The molecule has 0 saturated carbocycles. The molecule has 0 spiro atoms. The summed E-state index contributed by atoms with van der Waals surface area (Å²) in [7, 11) is 0. The van der Waals surface area contributed by atoms with Gasteiger partial charge >= 0.3 is 12.3 Å². The number of amides is 1. The average molecular weight is 525 g/mol. The van der Waals surface area contributed by atoms with E-state index in [-0.39, 0.29) is 11.7 Å². The zero-order valence-electron chi connectivity index (χ0n) is 21.3. The number of aromatic nitrogens is 1. The SMILES string of the molecule is CC(C)(C)OC(=O)N1CCCc2oc3cc(-n4ccc(-c5ccc(C(F)(F)F)cc5)cc4=O)ccc3c2C1. The van der Waals surface area contributed by atoms with Gasteiger partial charge < -0.3 is 14.1 Å². The van der Waals surface area contributed by atoms with Crippen molar-refractivity contribution in [3.05, 3.63) is 88.0 Å². The topological polar surface area (TPSA) is 64.7 Å². The van der Waals surface area contributed by atoms with Gasteiger partial charge in [-0.3, -0.25) is 9.36 Å². The molecule has 0 atom stereocenters. The third kappa shape index (κ3) is 5.18. The lowest BCUT2D eigenvalue weighted by Gasteiger charge is -2.26. The molecule has 2 aromatic heterocycles. The molecule has 0 fully saturated rings. The molecule has 0 radical (unpaired) electrons. The van der Waals surface area contributed by atoms with Gasteiger partial charge in [0.1, 0.15) is 16.9 Å². The maximum atomic E-state index is 12.9. The van der Waals surface area contributed by atoms with Crippen LogP contribution >= 0.6 is 0 Å². The molecule has 1 amide bonds. The number of alkyl halides is 3. The fraction of sp³-hybridized carbons (Fsp3) is 0.310. The molecular formula is C29H27F3N2O4. The Labute approximate surface area is 217 Å². The second-order valence-corrected chi connectivity index (χ2v) is 10.4. The molecule has 3 heterocycles. The van der Waals surface area contributed by atoms with Crippen LogP contribution in [0.1, 0.15) is 44.1 Å². The highest BCUT2D eigenvalue weighted by atomic mass is 19.4. The van der Waals surface area contributed by atoms with E-state index in [4.69, 9.17) is 9.15 Å². The molecule has 6 nitrogen and oxygen atoms in total. The summed E-state index contributed by atoms with van der Waals surface area (Å²) in [6.07, 6.45) is -1.77. The Balaban J connectivity index is 1.42. The number of hydrogen-bond donors (Lipinski definition) is 0. The molecule has 198 valence electrons. The summed E-state index contributed by atoms with van der Waals surface area (Å²) in [5.41, 5.74) is 1.51. The first-order chi connectivity index (χ1) is 17.9. The predicted octanol–water partition coefficient (Wildman–Crippen LogP) is 6.95. The number of rotatable bonds is 2. The van der Waals surface area contributed by atoms with E-state index in [1.165, 1.54) is 22.8 Å². The molecule has 1 aliphatic heterocycles. The van der Waals surface area contributed by atoms with Crippen molar-refractivity contribution < 1.29 is 27.1 Å². The summed E-state index contributed by atoms with van der Waals surface area (Å²) >= 11 is 0. The maximum absolute atomic E-state index is 12.9. The van der Waals surface area contributed by atoms with Crippen molar-refractivity contribution in [3.63, 3.8) is 0 Å². The number of carbonyl (C=O) groups is 1. The second-order valence-electron chi connectivity index (χ2n) is 10.4. The largest absolute Gasteiger partial charge is 0.461 e. The van der Waals surface area contributed by atoms with Crippen molar-refractivity contribution in [1.29, 1.82) is 0 Å². The van der Waals surface area contributed by atoms with E-state index in [1.807, 2.05) is 26.8 Å². The van der Waals surface area contributed by atoms with E-state index in [9.17, 15) is 22.8 Å². The Morgan fingerprint density at radius 2 is 1.71 bits per heavy atom. The average Bonchev–Trinajstić information content (AvgIpc) is 3.03. The normalized spacial score (nSPS) is 14.3. The van der Waals surface area contributed by atoms with Crippen LogP contribution in [0.3, 0.4) is 0 Å². The molecule has 0 bridgehead atoms. The van der Waals surface area contributed by atoms with E-state index in [1.54, 1.807) is 29.3 Å². The third-order valence-corrected chi connectivity index (χ3v) is 6.44. The van der Waals surface area contributed by atoms with Crippen molar-refractivity contribution in [2.75, 3.05) is 6.54 Å². The van der Waals surface area contributed by atoms with Crippen LogP contribution in [-0.2, 0) is 23.9 Å². The number of benzene rings is 2. The van der Waals surface area contributed by atoms with E-state index in [0.29, 0.717) is 41.9 Å². The second kappa shape index (κ2) is 9.38. The lowest BCUT2D eigenvalue weighted by atomic mass is 10.0. The van der Waals surface area contributed by atoms with Gasteiger partial charge in [0, 0.05) is 42.2 Å². The van der Waals surface area contributed by atoms with Crippen LogP contribution in [0, 0.1) is 0 Å². The fourth-order valence-electron chi connectivity index (χ4n) is 4.62. The number of carbonyl (C=O) groups excluding carboxylic acids is 1. The molecule has 0 N–H and O–H groups in total. The highest BCUT2D eigenvalue weighted by Gasteiger charge is 2.30.